The zero-order chi connectivity index (χ0) is 13.6. The summed E-state index contributed by atoms with van der Waals surface area (Å²) < 4.78 is 29.3. The lowest BCUT2D eigenvalue weighted by atomic mass is 9.69. The molecule has 7 heteroatoms. The largest absolute Gasteiger partial charge is 0.381 e. The van der Waals surface area contributed by atoms with Crippen LogP contribution < -0.4 is 10.0 Å². The Kier molecular flexibility index (Phi) is 5.55. The summed E-state index contributed by atoms with van der Waals surface area (Å²) in [6, 6.07) is 0. The number of sulfonamides is 1. The van der Waals surface area contributed by atoms with Crippen molar-refractivity contribution in [3.05, 3.63) is 0 Å². The minimum Gasteiger partial charge on any atom is -0.381 e. The SMILES string of the molecule is CCOCC1(CNC(=O)CNS(C)(=O)=O)CCC1. The Labute approximate surface area is 109 Å². The first-order chi connectivity index (χ1) is 8.37. The Morgan fingerprint density at radius 3 is 2.50 bits per heavy atom. The number of hydrogen-bond acceptors (Lipinski definition) is 4. The van der Waals surface area contributed by atoms with Gasteiger partial charge in [0.15, 0.2) is 0 Å². The van der Waals surface area contributed by atoms with Crippen LogP contribution in [-0.4, -0.2) is 46.9 Å². The molecule has 0 heterocycles. The van der Waals surface area contributed by atoms with E-state index in [4.69, 9.17) is 4.74 Å². The zero-order valence-electron chi connectivity index (χ0n) is 11.0. The van der Waals surface area contributed by atoms with Gasteiger partial charge in [0.25, 0.3) is 0 Å². The summed E-state index contributed by atoms with van der Waals surface area (Å²) in [5.41, 5.74) is 0.0523. The van der Waals surface area contributed by atoms with Gasteiger partial charge in [-0.05, 0) is 19.8 Å². The molecule has 1 amide bonds. The van der Waals surface area contributed by atoms with E-state index in [1.807, 2.05) is 6.92 Å². The fraction of sp³-hybridized carbons (Fsp3) is 0.909. The second-order valence-corrected chi connectivity index (χ2v) is 6.69. The highest BCUT2D eigenvalue weighted by Gasteiger charge is 2.37. The summed E-state index contributed by atoms with van der Waals surface area (Å²) >= 11 is 0. The molecule has 0 unspecified atom stereocenters. The van der Waals surface area contributed by atoms with Gasteiger partial charge in [0, 0.05) is 18.6 Å². The van der Waals surface area contributed by atoms with Crippen LogP contribution in [-0.2, 0) is 19.6 Å². The van der Waals surface area contributed by atoms with Crippen LogP contribution in [0.2, 0.25) is 0 Å². The van der Waals surface area contributed by atoms with Crippen molar-refractivity contribution in [3.8, 4) is 0 Å². The van der Waals surface area contributed by atoms with Crippen molar-refractivity contribution in [2.24, 2.45) is 5.41 Å². The van der Waals surface area contributed by atoms with Crippen molar-refractivity contribution in [2.75, 3.05) is 32.6 Å². The molecule has 1 aliphatic carbocycles. The molecule has 1 aliphatic rings. The number of ether oxygens (including phenoxy) is 1. The first-order valence-electron chi connectivity index (χ1n) is 6.16. The van der Waals surface area contributed by atoms with Crippen LogP contribution in [0.3, 0.4) is 0 Å². The maximum absolute atomic E-state index is 11.5. The van der Waals surface area contributed by atoms with Gasteiger partial charge in [-0.25, -0.2) is 13.1 Å². The van der Waals surface area contributed by atoms with Crippen LogP contribution in [0.1, 0.15) is 26.2 Å². The molecule has 1 rings (SSSR count). The molecule has 1 fully saturated rings. The predicted octanol–water partition coefficient (Wildman–Crippen LogP) is -0.141. The highest BCUT2D eigenvalue weighted by molar-refractivity contribution is 7.88. The van der Waals surface area contributed by atoms with E-state index >= 15 is 0 Å². The van der Waals surface area contributed by atoms with Gasteiger partial charge in [0.1, 0.15) is 0 Å². The summed E-state index contributed by atoms with van der Waals surface area (Å²) in [5.74, 6) is -0.303. The molecule has 0 saturated heterocycles. The molecule has 1 saturated carbocycles. The summed E-state index contributed by atoms with van der Waals surface area (Å²) in [6.07, 6.45) is 4.28. The maximum Gasteiger partial charge on any atom is 0.235 e. The molecule has 106 valence electrons. The molecule has 2 N–H and O–H groups in total. The van der Waals surface area contributed by atoms with Crippen LogP contribution in [0.4, 0.5) is 0 Å². The lowest BCUT2D eigenvalue weighted by Crippen LogP contribution is -2.47. The van der Waals surface area contributed by atoms with E-state index in [9.17, 15) is 13.2 Å². The third-order valence-electron chi connectivity index (χ3n) is 3.18. The molecule has 18 heavy (non-hydrogen) atoms. The number of carbonyl (C=O) groups excluding carboxylic acids is 1. The summed E-state index contributed by atoms with van der Waals surface area (Å²) in [6.45, 7) is 3.62. The summed E-state index contributed by atoms with van der Waals surface area (Å²) in [4.78, 5) is 11.5. The minimum absolute atomic E-state index is 0.0523. The lowest BCUT2D eigenvalue weighted by molar-refractivity contribution is -0.121. The van der Waals surface area contributed by atoms with Gasteiger partial charge in [-0.3, -0.25) is 4.79 Å². The molecule has 0 aromatic carbocycles. The van der Waals surface area contributed by atoms with Crippen LogP contribution in [0, 0.1) is 5.41 Å². The second-order valence-electron chi connectivity index (χ2n) is 4.86. The number of rotatable bonds is 8. The zero-order valence-corrected chi connectivity index (χ0v) is 11.8. The molecule has 0 aromatic rings. The van der Waals surface area contributed by atoms with Crippen molar-refractivity contribution < 1.29 is 17.9 Å². The third kappa shape index (κ3) is 5.32. The van der Waals surface area contributed by atoms with Crippen LogP contribution in [0.5, 0.6) is 0 Å². The van der Waals surface area contributed by atoms with E-state index < -0.39 is 10.0 Å². The van der Waals surface area contributed by atoms with Gasteiger partial charge in [-0.1, -0.05) is 6.42 Å². The molecule has 0 atom stereocenters. The third-order valence-corrected chi connectivity index (χ3v) is 3.85. The Morgan fingerprint density at radius 2 is 2.06 bits per heavy atom. The molecular weight excluding hydrogens is 256 g/mol. The average Bonchev–Trinajstić information content (AvgIpc) is 2.23. The highest BCUT2D eigenvalue weighted by atomic mass is 32.2. The van der Waals surface area contributed by atoms with E-state index in [0.29, 0.717) is 19.8 Å². The maximum atomic E-state index is 11.5. The first kappa shape index (κ1) is 15.4. The number of nitrogens with one attached hydrogen (secondary N) is 2. The van der Waals surface area contributed by atoms with Crippen LogP contribution in [0.15, 0.2) is 0 Å². The molecule has 0 spiro atoms. The topological polar surface area (TPSA) is 84.5 Å². The van der Waals surface area contributed by atoms with Gasteiger partial charge in [-0.15, -0.1) is 0 Å². The Hall–Kier alpha value is -0.660. The number of carbonyl (C=O) groups is 1. The second kappa shape index (κ2) is 6.49. The first-order valence-corrected chi connectivity index (χ1v) is 8.05. The summed E-state index contributed by atoms with van der Waals surface area (Å²) in [5, 5.41) is 2.76. The van der Waals surface area contributed by atoms with Crippen LogP contribution >= 0.6 is 0 Å². The van der Waals surface area contributed by atoms with Gasteiger partial charge in [0.2, 0.25) is 15.9 Å². The Balaban J connectivity index is 2.28. The summed E-state index contributed by atoms with van der Waals surface area (Å²) in [7, 11) is -3.31. The molecule has 0 bridgehead atoms. The van der Waals surface area contributed by atoms with Gasteiger partial charge in [-0.2, -0.15) is 0 Å². The van der Waals surface area contributed by atoms with Gasteiger partial charge in [0.05, 0.1) is 19.4 Å². The molecule has 0 aliphatic heterocycles. The van der Waals surface area contributed by atoms with Gasteiger partial charge >= 0.3 is 0 Å². The fourth-order valence-electron chi connectivity index (χ4n) is 1.91. The van der Waals surface area contributed by atoms with Crippen molar-refractivity contribution >= 4 is 15.9 Å². The monoisotopic (exact) mass is 278 g/mol. The number of amides is 1. The van der Waals surface area contributed by atoms with Crippen molar-refractivity contribution in [3.63, 3.8) is 0 Å². The van der Waals surface area contributed by atoms with Crippen molar-refractivity contribution in [1.82, 2.24) is 10.0 Å². The molecule has 0 aromatic heterocycles. The van der Waals surface area contributed by atoms with E-state index in [2.05, 4.69) is 10.0 Å². The molecule has 0 radical (unpaired) electrons. The quantitative estimate of drug-likeness (QED) is 0.647. The average molecular weight is 278 g/mol. The van der Waals surface area contributed by atoms with Crippen molar-refractivity contribution in [2.45, 2.75) is 26.2 Å². The molecular formula is C11H22N2O4S. The Morgan fingerprint density at radius 1 is 1.39 bits per heavy atom. The Bertz CT molecular complexity index is 377. The smallest absolute Gasteiger partial charge is 0.235 e. The highest BCUT2D eigenvalue weighted by Crippen LogP contribution is 2.40. The fourth-order valence-corrected chi connectivity index (χ4v) is 2.31. The van der Waals surface area contributed by atoms with Crippen LogP contribution in [0.25, 0.3) is 0 Å². The van der Waals surface area contributed by atoms with Gasteiger partial charge < -0.3 is 10.1 Å². The lowest BCUT2D eigenvalue weighted by Gasteiger charge is -2.41. The van der Waals surface area contributed by atoms with E-state index in [1.165, 1.54) is 0 Å². The van der Waals surface area contributed by atoms with E-state index in [-0.39, 0.29) is 17.9 Å². The standard InChI is InChI=1S/C11H22N2O4S/c1-3-17-9-11(5-4-6-11)8-12-10(14)7-13-18(2,15)16/h13H,3-9H2,1-2H3,(H,12,14). The normalized spacial score (nSPS) is 18.1. The molecule has 6 nitrogen and oxygen atoms in total. The van der Waals surface area contributed by atoms with Crippen molar-refractivity contribution in [1.29, 1.82) is 0 Å². The van der Waals surface area contributed by atoms with E-state index in [0.717, 1.165) is 25.5 Å². The predicted molar refractivity (Wildman–Crippen MR) is 68.6 cm³/mol. The van der Waals surface area contributed by atoms with E-state index in [1.54, 1.807) is 0 Å². The number of hydrogen-bond donors (Lipinski definition) is 2. The minimum atomic E-state index is -3.31.